The van der Waals surface area contributed by atoms with E-state index in [1.54, 1.807) is 12.0 Å². The topological polar surface area (TPSA) is 71.1 Å². The average molecular weight is 347 g/mol. The van der Waals surface area contributed by atoms with Gasteiger partial charge in [0.1, 0.15) is 5.75 Å². The first-order valence-electron chi connectivity index (χ1n) is 8.68. The molecule has 1 atom stereocenters. The van der Waals surface area contributed by atoms with E-state index in [-0.39, 0.29) is 18.2 Å². The quantitative estimate of drug-likeness (QED) is 0.826. The fraction of sp³-hybridized carbons (Fsp3) is 0.556. The summed E-state index contributed by atoms with van der Waals surface area (Å²) < 4.78 is 10.7. The van der Waals surface area contributed by atoms with E-state index in [1.165, 1.54) is 0 Å². The Labute approximate surface area is 147 Å². The highest BCUT2D eigenvalue weighted by atomic mass is 16.5. The maximum absolute atomic E-state index is 12.6. The molecular formula is C18H25N3O4. The van der Waals surface area contributed by atoms with Gasteiger partial charge in [-0.3, -0.25) is 14.5 Å². The summed E-state index contributed by atoms with van der Waals surface area (Å²) in [5.41, 5.74) is 1.02. The second kappa shape index (κ2) is 8.31. The van der Waals surface area contributed by atoms with Crippen LogP contribution in [-0.2, 0) is 20.9 Å². The van der Waals surface area contributed by atoms with Crippen LogP contribution >= 0.6 is 0 Å². The molecule has 0 aliphatic carbocycles. The van der Waals surface area contributed by atoms with Gasteiger partial charge in [-0.25, -0.2) is 0 Å². The normalized spacial score (nSPS) is 21.7. The number of amides is 2. The fourth-order valence-electron chi connectivity index (χ4n) is 3.33. The molecule has 2 aliphatic rings. The third kappa shape index (κ3) is 4.29. The Bertz CT molecular complexity index is 616. The number of hydrogen-bond donors (Lipinski definition) is 1. The lowest BCUT2D eigenvalue weighted by Crippen LogP contribution is -2.56. The summed E-state index contributed by atoms with van der Waals surface area (Å²) >= 11 is 0. The Morgan fingerprint density at radius 1 is 1.28 bits per heavy atom. The van der Waals surface area contributed by atoms with Crippen molar-refractivity contribution in [2.45, 2.75) is 19.0 Å². The maximum Gasteiger partial charge on any atom is 0.237 e. The van der Waals surface area contributed by atoms with Crippen molar-refractivity contribution < 1.29 is 19.1 Å². The third-order valence-corrected chi connectivity index (χ3v) is 4.74. The molecule has 136 valence electrons. The van der Waals surface area contributed by atoms with Gasteiger partial charge in [0.15, 0.2) is 0 Å². The van der Waals surface area contributed by atoms with Crippen molar-refractivity contribution in [2.24, 2.45) is 0 Å². The van der Waals surface area contributed by atoms with Gasteiger partial charge in [-0.1, -0.05) is 18.2 Å². The lowest BCUT2D eigenvalue weighted by atomic mass is 10.1. The van der Waals surface area contributed by atoms with Crippen molar-refractivity contribution in [3.8, 4) is 5.75 Å². The van der Waals surface area contributed by atoms with E-state index in [0.29, 0.717) is 45.9 Å². The van der Waals surface area contributed by atoms with Crippen LogP contribution in [0.2, 0.25) is 0 Å². The van der Waals surface area contributed by atoms with Crippen LogP contribution < -0.4 is 10.1 Å². The molecule has 2 saturated heterocycles. The molecule has 7 nitrogen and oxygen atoms in total. The van der Waals surface area contributed by atoms with Crippen LogP contribution in [0.5, 0.6) is 5.75 Å². The molecule has 2 fully saturated rings. The largest absolute Gasteiger partial charge is 0.496 e. The number of benzene rings is 1. The highest BCUT2D eigenvalue weighted by Gasteiger charge is 2.33. The van der Waals surface area contributed by atoms with Gasteiger partial charge < -0.3 is 19.7 Å². The molecule has 1 unspecified atom stereocenters. The Morgan fingerprint density at radius 3 is 2.80 bits per heavy atom. The summed E-state index contributed by atoms with van der Waals surface area (Å²) in [6.07, 6.45) is 0.195. The Kier molecular flexibility index (Phi) is 5.88. The second-order valence-corrected chi connectivity index (χ2v) is 6.29. The summed E-state index contributed by atoms with van der Waals surface area (Å²) in [5, 5.41) is 2.88. The lowest BCUT2D eigenvalue weighted by molar-refractivity contribution is -0.141. The summed E-state index contributed by atoms with van der Waals surface area (Å²) in [5.74, 6) is 0.727. The predicted octanol–water partition coefficient (Wildman–Crippen LogP) is 0.245. The molecule has 25 heavy (non-hydrogen) atoms. The summed E-state index contributed by atoms with van der Waals surface area (Å²) in [4.78, 5) is 28.8. The molecule has 1 aromatic rings. The molecule has 0 aromatic heterocycles. The minimum Gasteiger partial charge on any atom is -0.496 e. The Balaban J connectivity index is 1.70. The number of methoxy groups -OCH3 is 1. The van der Waals surface area contributed by atoms with E-state index in [2.05, 4.69) is 10.2 Å². The molecule has 7 heteroatoms. The minimum atomic E-state index is -0.450. The fourth-order valence-corrected chi connectivity index (χ4v) is 3.33. The number of hydrogen-bond acceptors (Lipinski definition) is 5. The number of carbonyl (C=O) groups is 2. The zero-order valence-corrected chi connectivity index (χ0v) is 14.6. The van der Waals surface area contributed by atoms with Crippen molar-refractivity contribution in [3.05, 3.63) is 29.8 Å². The molecule has 3 rings (SSSR count). The number of para-hydroxylation sites is 1. The van der Waals surface area contributed by atoms with E-state index in [0.717, 1.165) is 11.3 Å². The standard InChI is InChI=1S/C18H25N3O4/c1-24-16-5-3-2-4-14(16)13-21-7-6-19-18(23)15(21)12-17(22)20-8-10-25-11-9-20/h2-5,15H,6-13H2,1H3,(H,19,23). The number of piperazine rings is 1. The van der Waals surface area contributed by atoms with E-state index in [9.17, 15) is 9.59 Å². The summed E-state index contributed by atoms with van der Waals surface area (Å²) in [6, 6.07) is 7.33. The van der Waals surface area contributed by atoms with E-state index >= 15 is 0 Å². The van der Waals surface area contributed by atoms with Gasteiger partial charge >= 0.3 is 0 Å². The van der Waals surface area contributed by atoms with Gasteiger partial charge in [-0.05, 0) is 6.07 Å². The van der Waals surface area contributed by atoms with E-state index < -0.39 is 6.04 Å². The molecule has 0 saturated carbocycles. The molecule has 2 amide bonds. The number of carbonyl (C=O) groups excluding carboxylic acids is 2. The average Bonchev–Trinajstić information content (AvgIpc) is 2.65. The van der Waals surface area contributed by atoms with Gasteiger partial charge in [0.05, 0.1) is 32.8 Å². The van der Waals surface area contributed by atoms with Crippen molar-refractivity contribution >= 4 is 11.8 Å². The first kappa shape index (κ1) is 17.7. The second-order valence-electron chi connectivity index (χ2n) is 6.29. The summed E-state index contributed by atoms with van der Waals surface area (Å²) in [6.45, 7) is 4.21. The van der Waals surface area contributed by atoms with Crippen molar-refractivity contribution in [1.82, 2.24) is 15.1 Å². The van der Waals surface area contributed by atoms with Gasteiger partial charge in [0.2, 0.25) is 11.8 Å². The SMILES string of the molecule is COc1ccccc1CN1CCNC(=O)C1CC(=O)N1CCOCC1. The molecule has 1 N–H and O–H groups in total. The van der Waals surface area contributed by atoms with E-state index in [1.807, 2.05) is 24.3 Å². The molecule has 0 radical (unpaired) electrons. The number of rotatable bonds is 5. The maximum atomic E-state index is 12.6. The van der Waals surface area contributed by atoms with Crippen LogP contribution in [0.15, 0.2) is 24.3 Å². The van der Waals surface area contributed by atoms with Crippen molar-refractivity contribution in [1.29, 1.82) is 0 Å². The zero-order chi connectivity index (χ0) is 17.6. The number of nitrogens with zero attached hydrogens (tertiary/aromatic N) is 2. The number of nitrogens with one attached hydrogen (secondary N) is 1. The minimum absolute atomic E-state index is 0.00961. The third-order valence-electron chi connectivity index (χ3n) is 4.74. The van der Waals surface area contributed by atoms with Crippen molar-refractivity contribution in [2.75, 3.05) is 46.5 Å². The molecule has 2 aliphatic heterocycles. The molecule has 0 spiro atoms. The van der Waals surface area contributed by atoms with E-state index in [4.69, 9.17) is 9.47 Å². The first-order chi connectivity index (χ1) is 12.2. The highest BCUT2D eigenvalue weighted by Crippen LogP contribution is 2.22. The number of morpholine rings is 1. The Morgan fingerprint density at radius 2 is 2.04 bits per heavy atom. The Hall–Kier alpha value is -2.12. The van der Waals surface area contributed by atoms with Crippen LogP contribution in [0, 0.1) is 0 Å². The first-order valence-corrected chi connectivity index (χ1v) is 8.68. The van der Waals surface area contributed by atoms with Gasteiger partial charge in [-0.15, -0.1) is 0 Å². The number of ether oxygens (including phenoxy) is 2. The predicted molar refractivity (Wildman–Crippen MR) is 92.2 cm³/mol. The molecular weight excluding hydrogens is 322 g/mol. The van der Waals surface area contributed by atoms with Crippen LogP contribution in [-0.4, -0.2) is 74.2 Å². The summed E-state index contributed by atoms with van der Waals surface area (Å²) in [7, 11) is 1.64. The van der Waals surface area contributed by atoms with Crippen LogP contribution in [0.4, 0.5) is 0 Å². The van der Waals surface area contributed by atoms with Crippen molar-refractivity contribution in [3.63, 3.8) is 0 Å². The molecule has 2 heterocycles. The molecule has 0 bridgehead atoms. The van der Waals surface area contributed by atoms with Gasteiger partial charge in [0.25, 0.3) is 0 Å². The lowest BCUT2D eigenvalue weighted by Gasteiger charge is -2.36. The van der Waals surface area contributed by atoms with Gasteiger partial charge in [-0.2, -0.15) is 0 Å². The zero-order valence-electron chi connectivity index (χ0n) is 14.6. The smallest absolute Gasteiger partial charge is 0.237 e. The monoisotopic (exact) mass is 347 g/mol. The van der Waals surface area contributed by atoms with Crippen LogP contribution in [0.1, 0.15) is 12.0 Å². The molecule has 1 aromatic carbocycles. The van der Waals surface area contributed by atoms with Gasteiger partial charge in [0, 0.05) is 38.3 Å². The van der Waals surface area contributed by atoms with Crippen LogP contribution in [0.3, 0.4) is 0 Å². The highest BCUT2D eigenvalue weighted by molar-refractivity contribution is 5.88. The van der Waals surface area contributed by atoms with Crippen LogP contribution in [0.25, 0.3) is 0 Å².